The van der Waals surface area contributed by atoms with Crippen molar-refractivity contribution in [1.82, 2.24) is 10.2 Å². The number of hydrogen-bond acceptors (Lipinski definition) is 3. The maximum atomic E-state index is 12.4. The Morgan fingerprint density at radius 2 is 2.09 bits per heavy atom. The van der Waals surface area contributed by atoms with Crippen LogP contribution in [-0.2, 0) is 4.79 Å². The molecule has 0 spiro atoms. The van der Waals surface area contributed by atoms with Crippen LogP contribution in [0.3, 0.4) is 0 Å². The van der Waals surface area contributed by atoms with Crippen molar-refractivity contribution in [3.05, 3.63) is 29.8 Å². The van der Waals surface area contributed by atoms with Gasteiger partial charge in [0.1, 0.15) is 0 Å². The molecule has 1 aliphatic heterocycles. The van der Waals surface area contributed by atoms with E-state index in [-0.39, 0.29) is 30.9 Å². The van der Waals surface area contributed by atoms with Crippen LogP contribution in [0.1, 0.15) is 37.3 Å². The quantitative estimate of drug-likeness (QED) is 0.789. The van der Waals surface area contributed by atoms with Gasteiger partial charge in [-0.25, -0.2) is 0 Å². The minimum absolute atomic E-state index is 0. The monoisotopic (exact) mass is 361 g/mol. The second-order valence-electron chi connectivity index (χ2n) is 5.94. The smallest absolute Gasteiger partial charge is 0.223 e. The number of hydrogen-bond donors (Lipinski definition) is 1. The van der Waals surface area contributed by atoms with Crippen LogP contribution < -0.4 is 10.2 Å². The lowest BCUT2D eigenvalue weighted by molar-refractivity contribution is -0.132. The van der Waals surface area contributed by atoms with E-state index in [1.807, 2.05) is 7.05 Å². The maximum absolute atomic E-state index is 12.4. The Morgan fingerprint density at radius 1 is 1.35 bits per heavy atom. The minimum Gasteiger partial charge on any atom is -0.378 e. The largest absolute Gasteiger partial charge is 0.378 e. The first kappa shape index (κ1) is 22.0. The van der Waals surface area contributed by atoms with Gasteiger partial charge < -0.3 is 15.1 Å². The molecule has 1 fully saturated rings. The molecule has 4 nitrogen and oxygen atoms in total. The van der Waals surface area contributed by atoms with Gasteiger partial charge in [-0.3, -0.25) is 4.79 Å². The minimum atomic E-state index is 0. The van der Waals surface area contributed by atoms with Crippen molar-refractivity contribution in [2.45, 2.75) is 31.7 Å². The van der Waals surface area contributed by atoms with E-state index in [0.29, 0.717) is 12.3 Å². The van der Waals surface area contributed by atoms with Gasteiger partial charge >= 0.3 is 0 Å². The van der Waals surface area contributed by atoms with Crippen molar-refractivity contribution in [2.24, 2.45) is 0 Å². The summed E-state index contributed by atoms with van der Waals surface area (Å²) in [5.74, 6) is 0.294. The lowest BCUT2D eigenvalue weighted by Crippen LogP contribution is -2.31. The zero-order chi connectivity index (χ0) is 15.2. The van der Waals surface area contributed by atoms with Crippen LogP contribution in [0.4, 0.5) is 5.69 Å². The average Bonchev–Trinajstić information content (AvgIpc) is 2.97. The molecule has 2 rings (SSSR count). The first-order valence-electron chi connectivity index (χ1n) is 7.85. The average molecular weight is 362 g/mol. The molecule has 6 heteroatoms. The van der Waals surface area contributed by atoms with E-state index in [1.54, 1.807) is 0 Å². The third-order valence-electron chi connectivity index (χ3n) is 4.16. The van der Waals surface area contributed by atoms with Gasteiger partial charge in [0.15, 0.2) is 0 Å². The van der Waals surface area contributed by atoms with Gasteiger partial charge in [-0.05, 0) is 50.6 Å². The summed E-state index contributed by atoms with van der Waals surface area (Å²) in [5.41, 5.74) is 2.46. The second-order valence-corrected chi connectivity index (χ2v) is 5.94. The van der Waals surface area contributed by atoms with Crippen LogP contribution in [0, 0.1) is 0 Å². The molecule has 1 N–H and O–H groups in total. The third kappa shape index (κ3) is 5.87. The molecular weight excluding hydrogens is 333 g/mol. The number of carbonyl (C=O) groups excluding carboxylic acids is 1. The van der Waals surface area contributed by atoms with E-state index >= 15 is 0 Å². The van der Waals surface area contributed by atoms with Crippen LogP contribution in [0.2, 0.25) is 0 Å². The van der Waals surface area contributed by atoms with E-state index in [9.17, 15) is 4.79 Å². The Hall–Kier alpha value is -0.970. The zero-order valence-corrected chi connectivity index (χ0v) is 15.9. The van der Waals surface area contributed by atoms with E-state index in [4.69, 9.17) is 0 Å². The molecule has 1 saturated heterocycles. The molecule has 23 heavy (non-hydrogen) atoms. The zero-order valence-electron chi connectivity index (χ0n) is 14.2. The summed E-state index contributed by atoms with van der Waals surface area (Å²) < 4.78 is 0. The summed E-state index contributed by atoms with van der Waals surface area (Å²) in [4.78, 5) is 16.6. The number of carbonyl (C=O) groups is 1. The molecule has 0 aliphatic carbocycles. The Morgan fingerprint density at radius 3 is 2.74 bits per heavy atom. The fourth-order valence-corrected chi connectivity index (χ4v) is 2.98. The van der Waals surface area contributed by atoms with E-state index < -0.39 is 0 Å². The van der Waals surface area contributed by atoms with Crippen LogP contribution in [-0.4, -0.2) is 45.0 Å². The SMILES string of the molecule is CNCCCC(=O)N1CCCC1c1cccc(N(C)C)c1.Cl.Cl. The molecule has 1 aliphatic rings. The number of benzene rings is 1. The number of amides is 1. The molecule has 0 saturated carbocycles. The van der Waals surface area contributed by atoms with Gasteiger partial charge in [-0.1, -0.05) is 12.1 Å². The molecule has 1 atom stereocenters. The molecule has 1 aromatic rings. The third-order valence-corrected chi connectivity index (χ3v) is 4.16. The highest BCUT2D eigenvalue weighted by Gasteiger charge is 2.29. The molecule has 0 radical (unpaired) electrons. The first-order valence-corrected chi connectivity index (χ1v) is 7.85. The summed E-state index contributed by atoms with van der Waals surface area (Å²) in [5, 5.41) is 3.10. The van der Waals surface area contributed by atoms with Gasteiger partial charge in [-0.2, -0.15) is 0 Å². The van der Waals surface area contributed by atoms with E-state index in [0.717, 1.165) is 32.4 Å². The van der Waals surface area contributed by atoms with Crippen LogP contribution in [0.5, 0.6) is 0 Å². The fourth-order valence-electron chi connectivity index (χ4n) is 2.98. The summed E-state index contributed by atoms with van der Waals surface area (Å²) in [6.45, 7) is 1.80. The van der Waals surface area contributed by atoms with E-state index in [2.05, 4.69) is 53.5 Å². The van der Waals surface area contributed by atoms with Gasteiger partial charge in [0.2, 0.25) is 5.91 Å². The highest BCUT2D eigenvalue weighted by molar-refractivity contribution is 5.85. The number of likely N-dealkylation sites (tertiary alicyclic amines) is 1. The predicted octanol–water partition coefficient (Wildman–Crippen LogP) is 3.26. The van der Waals surface area contributed by atoms with Gasteiger partial charge in [0.05, 0.1) is 6.04 Å². The number of nitrogens with zero attached hydrogens (tertiary/aromatic N) is 2. The van der Waals surface area contributed by atoms with Crippen LogP contribution in [0.15, 0.2) is 24.3 Å². The van der Waals surface area contributed by atoms with Gasteiger partial charge in [-0.15, -0.1) is 24.8 Å². The highest BCUT2D eigenvalue weighted by atomic mass is 35.5. The molecule has 1 unspecified atom stereocenters. The van der Waals surface area contributed by atoms with Crippen LogP contribution >= 0.6 is 24.8 Å². The lowest BCUT2D eigenvalue weighted by atomic mass is 10.0. The van der Waals surface area contributed by atoms with Crippen molar-refractivity contribution < 1.29 is 4.79 Å². The molecule has 132 valence electrons. The molecule has 0 aromatic heterocycles. The Labute approximate surface area is 152 Å². The van der Waals surface area contributed by atoms with Crippen molar-refractivity contribution in [3.63, 3.8) is 0 Å². The molecule has 1 heterocycles. The molecule has 1 aromatic carbocycles. The van der Waals surface area contributed by atoms with Crippen molar-refractivity contribution in [1.29, 1.82) is 0 Å². The summed E-state index contributed by atoms with van der Waals surface area (Å²) in [7, 11) is 6.03. The molecular formula is C17H29Cl2N3O. The lowest BCUT2D eigenvalue weighted by Gasteiger charge is -2.26. The van der Waals surface area contributed by atoms with Crippen molar-refractivity contribution in [3.8, 4) is 0 Å². The predicted molar refractivity (Wildman–Crippen MR) is 102 cm³/mol. The summed E-state index contributed by atoms with van der Waals surface area (Å²) in [6, 6.07) is 8.82. The topological polar surface area (TPSA) is 35.6 Å². The number of anilines is 1. The Bertz CT molecular complexity index is 483. The van der Waals surface area contributed by atoms with Gasteiger partial charge in [0.25, 0.3) is 0 Å². The number of halogens is 2. The Balaban J connectivity index is 0.00000242. The highest BCUT2D eigenvalue weighted by Crippen LogP contribution is 2.33. The van der Waals surface area contributed by atoms with Crippen molar-refractivity contribution in [2.75, 3.05) is 39.1 Å². The standard InChI is InChI=1S/C17H27N3O.2ClH/c1-18-11-5-10-17(21)20-12-6-9-16(20)14-7-4-8-15(13-14)19(2)3;;/h4,7-8,13,16,18H,5-6,9-12H2,1-3H3;2*1H. The Kier molecular flexibility index (Phi) is 10.3. The summed E-state index contributed by atoms with van der Waals surface area (Å²) in [6.07, 6.45) is 3.74. The maximum Gasteiger partial charge on any atom is 0.223 e. The van der Waals surface area contributed by atoms with Gasteiger partial charge in [0, 0.05) is 32.7 Å². The number of nitrogens with one attached hydrogen (secondary N) is 1. The normalized spacial score (nSPS) is 16.5. The molecule has 0 bridgehead atoms. The second kappa shape index (κ2) is 10.7. The first-order chi connectivity index (χ1) is 10.1. The van der Waals surface area contributed by atoms with E-state index in [1.165, 1.54) is 11.3 Å². The van der Waals surface area contributed by atoms with Crippen molar-refractivity contribution >= 4 is 36.4 Å². The number of rotatable bonds is 6. The fraction of sp³-hybridized carbons (Fsp3) is 0.588. The summed E-state index contributed by atoms with van der Waals surface area (Å²) >= 11 is 0. The van der Waals surface area contributed by atoms with Crippen LogP contribution in [0.25, 0.3) is 0 Å². The molecule has 1 amide bonds.